The van der Waals surface area contributed by atoms with Gasteiger partial charge < -0.3 is 15.2 Å². The number of hydrogen-bond acceptors (Lipinski definition) is 3. The molecule has 1 saturated carbocycles. The third-order valence-corrected chi connectivity index (χ3v) is 4.74. The molecule has 2 fully saturated rings. The van der Waals surface area contributed by atoms with E-state index in [1.54, 1.807) is 7.11 Å². The summed E-state index contributed by atoms with van der Waals surface area (Å²) in [5, 5.41) is 13.7. The molecule has 0 spiro atoms. The molecule has 0 radical (unpaired) electrons. The van der Waals surface area contributed by atoms with Gasteiger partial charge in [0, 0.05) is 19.1 Å². The van der Waals surface area contributed by atoms with Gasteiger partial charge in [0.05, 0.1) is 18.1 Å². The zero-order valence-electron chi connectivity index (χ0n) is 11.7. The molecule has 1 aliphatic heterocycles. The Balaban J connectivity index is 1.82. The standard InChI is InChI=1S/C16H21NO3/c1-20-11-7-8-12-13(9-11)17-16(19)14(15(12)18)10-5-3-2-4-6-10/h2-6,11-15,18H,7-9H2,1H3,(H,17,19). The minimum absolute atomic E-state index is 0.0381. The molecule has 1 aromatic carbocycles. The first kappa shape index (κ1) is 13.6. The molecule has 1 amide bonds. The summed E-state index contributed by atoms with van der Waals surface area (Å²) in [6, 6.07) is 9.59. The predicted molar refractivity (Wildman–Crippen MR) is 75.3 cm³/mol. The number of aliphatic hydroxyl groups is 1. The molecule has 4 heteroatoms. The van der Waals surface area contributed by atoms with Crippen molar-refractivity contribution in [2.75, 3.05) is 7.11 Å². The van der Waals surface area contributed by atoms with Crippen molar-refractivity contribution in [3.05, 3.63) is 35.9 Å². The van der Waals surface area contributed by atoms with E-state index in [0.717, 1.165) is 24.8 Å². The maximum Gasteiger partial charge on any atom is 0.230 e. The Hall–Kier alpha value is -1.39. The van der Waals surface area contributed by atoms with Crippen molar-refractivity contribution in [1.29, 1.82) is 0 Å². The summed E-state index contributed by atoms with van der Waals surface area (Å²) in [6.45, 7) is 0. The average molecular weight is 275 g/mol. The Labute approximate surface area is 119 Å². The van der Waals surface area contributed by atoms with Gasteiger partial charge in [-0.1, -0.05) is 30.3 Å². The van der Waals surface area contributed by atoms with Crippen LogP contribution in [0.4, 0.5) is 0 Å². The van der Waals surface area contributed by atoms with Gasteiger partial charge in [0.15, 0.2) is 0 Å². The van der Waals surface area contributed by atoms with E-state index >= 15 is 0 Å². The predicted octanol–water partition coefficient (Wildman–Crippen LogP) is 1.44. The molecule has 1 saturated heterocycles. The lowest BCUT2D eigenvalue weighted by atomic mass is 9.71. The molecule has 5 atom stereocenters. The topological polar surface area (TPSA) is 58.6 Å². The van der Waals surface area contributed by atoms with Crippen LogP contribution in [0, 0.1) is 5.92 Å². The molecule has 4 nitrogen and oxygen atoms in total. The van der Waals surface area contributed by atoms with Crippen molar-refractivity contribution in [2.24, 2.45) is 5.92 Å². The number of fused-ring (bicyclic) bond motifs is 1. The number of carbonyl (C=O) groups is 1. The van der Waals surface area contributed by atoms with Crippen LogP contribution in [0.1, 0.15) is 30.7 Å². The number of carbonyl (C=O) groups excluding carboxylic acids is 1. The highest BCUT2D eigenvalue weighted by molar-refractivity contribution is 5.85. The molecular formula is C16H21NO3. The number of ether oxygens (including phenoxy) is 1. The summed E-state index contributed by atoms with van der Waals surface area (Å²) in [7, 11) is 1.71. The second-order valence-corrected chi connectivity index (χ2v) is 5.83. The van der Waals surface area contributed by atoms with Crippen LogP contribution in [0.2, 0.25) is 0 Å². The SMILES string of the molecule is COC1CCC2C(C1)NC(=O)C(c1ccccc1)C2O. The lowest BCUT2D eigenvalue weighted by Crippen LogP contribution is -2.58. The first-order valence-corrected chi connectivity index (χ1v) is 7.27. The van der Waals surface area contributed by atoms with Crippen LogP contribution in [0.3, 0.4) is 0 Å². The number of nitrogens with one attached hydrogen (secondary N) is 1. The number of piperidine rings is 1. The van der Waals surface area contributed by atoms with E-state index in [1.807, 2.05) is 30.3 Å². The van der Waals surface area contributed by atoms with Crippen LogP contribution >= 0.6 is 0 Å². The van der Waals surface area contributed by atoms with Gasteiger partial charge in [0.25, 0.3) is 0 Å². The van der Waals surface area contributed by atoms with E-state index in [0.29, 0.717) is 0 Å². The molecule has 1 aromatic rings. The normalized spacial score (nSPS) is 37.1. The number of methoxy groups -OCH3 is 1. The molecule has 0 aromatic heterocycles. The Morgan fingerprint density at radius 1 is 1.25 bits per heavy atom. The summed E-state index contributed by atoms with van der Waals surface area (Å²) in [5.41, 5.74) is 0.893. The summed E-state index contributed by atoms with van der Waals surface area (Å²) in [6.07, 6.45) is 2.23. The molecule has 3 rings (SSSR count). The number of aliphatic hydroxyl groups excluding tert-OH is 1. The monoisotopic (exact) mass is 275 g/mol. The highest BCUT2D eigenvalue weighted by Crippen LogP contribution is 2.38. The summed E-state index contributed by atoms with van der Waals surface area (Å²) in [4.78, 5) is 12.3. The van der Waals surface area contributed by atoms with Gasteiger partial charge in [-0.15, -0.1) is 0 Å². The van der Waals surface area contributed by atoms with E-state index in [9.17, 15) is 9.90 Å². The number of rotatable bonds is 2. The lowest BCUT2D eigenvalue weighted by Gasteiger charge is -2.45. The smallest absolute Gasteiger partial charge is 0.230 e. The number of hydrogen-bond donors (Lipinski definition) is 2. The van der Waals surface area contributed by atoms with Crippen molar-refractivity contribution in [3.63, 3.8) is 0 Å². The van der Waals surface area contributed by atoms with Gasteiger partial charge in [-0.05, 0) is 24.8 Å². The van der Waals surface area contributed by atoms with Gasteiger partial charge in [0.1, 0.15) is 0 Å². The van der Waals surface area contributed by atoms with Crippen LogP contribution in [0.15, 0.2) is 30.3 Å². The van der Waals surface area contributed by atoms with Gasteiger partial charge in [0.2, 0.25) is 5.91 Å². The fourth-order valence-corrected chi connectivity index (χ4v) is 3.63. The van der Waals surface area contributed by atoms with Crippen molar-refractivity contribution >= 4 is 5.91 Å². The van der Waals surface area contributed by atoms with Crippen molar-refractivity contribution < 1.29 is 14.6 Å². The Morgan fingerprint density at radius 2 is 2.00 bits per heavy atom. The maximum absolute atomic E-state index is 12.3. The molecule has 108 valence electrons. The van der Waals surface area contributed by atoms with E-state index < -0.39 is 12.0 Å². The van der Waals surface area contributed by atoms with E-state index in [2.05, 4.69) is 5.32 Å². The zero-order chi connectivity index (χ0) is 14.1. The van der Waals surface area contributed by atoms with E-state index in [1.165, 1.54) is 0 Å². The third-order valence-electron chi connectivity index (χ3n) is 4.74. The number of amides is 1. The Bertz CT molecular complexity index is 476. The summed E-state index contributed by atoms with van der Waals surface area (Å²) in [5.74, 6) is -0.387. The maximum atomic E-state index is 12.3. The molecule has 2 aliphatic rings. The van der Waals surface area contributed by atoms with Crippen molar-refractivity contribution in [1.82, 2.24) is 5.32 Å². The van der Waals surface area contributed by atoms with Crippen molar-refractivity contribution in [2.45, 2.75) is 43.4 Å². The Kier molecular flexibility index (Phi) is 3.76. The molecule has 20 heavy (non-hydrogen) atoms. The summed E-state index contributed by atoms with van der Waals surface area (Å²) < 4.78 is 5.39. The molecule has 1 heterocycles. The molecule has 1 aliphatic carbocycles. The number of benzene rings is 1. The van der Waals surface area contributed by atoms with Gasteiger partial charge >= 0.3 is 0 Å². The van der Waals surface area contributed by atoms with Crippen LogP contribution in [0.5, 0.6) is 0 Å². The van der Waals surface area contributed by atoms with Gasteiger partial charge in [-0.25, -0.2) is 0 Å². The minimum Gasteiger partial charge on any atom is -0.392 e. The third kappa shape index (κ3) is 2.34. The highest BCUT2D eigenvalue weighted by atomic mass is 16.5. The summed E-state index contributed by atoms with van der Waals surface area (Å²) >= 11 is 0. The fraction of sp³-hybridized carbons (Fsp3) is 0.562. The van der Waals surface area contributed by atoms with Gasteiger partial charge in [-0.3, -0.25) is 4.79 Å². The molecule has 2 N–H and O–H groups in total. The highest BCUT2D eigenvalue weighted by Gasteiger charge is 2.46. The zero-order valence-corrected chi connectivity index (χ0v) is 11.7. The van der Waals surface area contributed by atoms with Crippen LogP contribution in [0.25, 0.3) is 0 Å². The largest absolute Gasteiger partial charge is 0.392 e. The van der Waals surface area contributed by atoms with E-state index in [-0.39, 0.29) is 24.0 Å². The molecule has 5 unspecified atom stereocenters. The van der Waals surface area contributed by atoms with Crippen LogP contribution < -0.4 is 5.32 Å². The first-order chi connectivity index (χ1) is 9.70. The molecule has 0 bridgehead atoms. The minimum atomic E-state index is -0.603. The van der Waals surface area contributed by atoms with Crippen LogP contribution in [-0.2, 0) is 9.53 Å². The second-order valence-electron chi connectivity index (χ2n) is 5.83. The van der Waals surface area contributed by atoms with Crippen molar-refractivity contribution in [3.8, 4) is 0 Å². The lowest BCUT2D eigenvalue weighted by molar-refractivity contribution is -0.134. The quantitative estimate of drug-likeness (QED) is 0.859. The molecular weight excluding hydrogens is 254 g/mol. The fourth-order valence-electron chi connectivity index (χ4n) is 3.63. The first-order valence-electron chi connectivity index (χ1n) is 7.27. The van der Waals surface area contributed by atoms with Gasteiger partial charge in [-0.2, -0.15) is 0 Å². The van der Waals surface area contributed by atoms with E-state index in [4.69, 9.17) is 4.74 Å². The Morgan fingerprint density at radius 3 is 2.70 bits per heavy atom. The second kappa shape index (κ2) is 5.54. The average Bonchev–Trinajstić information content (AvgIpc) is 2.47. The van der Waals surface area contributed by atoms with Crippen LogP contribution in [-0.4, -0.2) is 36.4 Å².